The number of hydrogen-bond donors (Lipinski definition) is 3. The second kappa shape index (κ2) is 7.13. The summed E-state index contributed by atoms with van der Waals surface area (Å²) in [5.41, 5.74) is 1.75. The summed E-state index contributed by atoms with van der Waals surface area (Å²) < 4.78 is 0. The Kier molecular flexibility index (Phi) is 5.10. The number of aromatic nitrogens is 2. The van der Waals surface area contributed by atoms with Gasteiger partial charge in [-0.1, -0.05) is 0 Å². The van der Waals surface area contributed by atoms with Crippen molar-refractivity contribution in [2.75, 3.05) is 34.2 Å². The van der Waals surface area contributed by atoms with Gasteiger partial charge in [-0.05, 0) is 39.8 Å². The van der Waals surface area contributed by atoms with Crippen molar-refractivity contribution in [1.82, 2.24) is 30.6 Å². The molecular formula is C17H28N6O2. The highest BCUT2D eigenvalue weighted by Gasteiger charge is 2.52. The van der Waals surface area contributed by atoms with Gasteiger partial charge in [-0.3, -0.25) is 15.2 Å². The van der Waals surface area contributed by atoms with Crippen LogP contribution in [0.15, 0.2) is 6.20 Å². The van der Waals surface area contributed by atoms with Crippen LogP contribution in [0.25, 0.3) is 0 Å². The van der Waals surface area contributed by atoms with Gasteiger partial charge >= 0.3 is 6.03 Å². The van der Waals surface area contributed by atoms with E-state index < -0.39 is 5.54 Å². The van der Waals surface area contributed by atoms with Gasteiger partial charge in [0.25, 0.3) is 5.91 Å². The third kappa shape index (κ3) is 3.28. The van der Waals surface area contributed by atoms with Crippen LogP contribution < -0.4 is 10.6 Å². The zero-order valence-electron chi connectivity index (χ0n) is 15.3. The molecule has 3 amide bonds. The van der Waals surface area contributed by atoms with Crippen molar-refractivity contribution in [2.45, 2.75) is 43.7 Å². The smallest absolute Gasteiger partial charge is 0.318 e. The minimum Gasteiger partial charge on any atom is -0.318 e. The molecule has 1 spiro atoms. The van der Waals surface area contributed by atoms with Crippen LogP contribution >= 0.6 is 0 Å². The molecule has 1 saturated heterocycles. The third-order valence-corrected chi connectivity index (χ3v) is 5.75. The Morgan fingerprint density at radius 2 is 2.12 bits per heavy atom. The molecule has 138 valence electrons. The Morgan fingerprint density at radius 1 is 1.40 bits per heavy atom. The predicted octanol–water partition coefficient (Wildman–Crippen LogP) is 0.639. The van der Waals surface area contributed by atoms with E-state index in [-0.39, 0.29) is 11.9 Å². The van der Waals surface area contributed by atoms with Crippen molar-refractivity contribution in [3.63, 3.8) is 0 Å². The summed E-state index contributed by atoms with van der Waals surface area (Å²) >= 11 is 0. The molecule has 8 heteroatoms. The molecule has 1 aliphatic heterocycles. The van der Waals surface area contributed by atoms with Gasteiger partial charge in [-0.2, -0.15) is 5.10 Å². The van der Waals surface area contributed by atoms with Gasteiger partial charge in [0.05, 0.1) is 6.20 Å². The first-order valence-corrected chi connectivity index (χ1v) is 8.92. The molecule has 0 bridgehead atoms. The number of likely N-dealkylation sites (N-methyl/N-ethyl adjacent to an activating group) is 3. The highest BCUT2D eigenvalue weighted by Crippen LogP contribution is 2.42. The average molecular weight is 348 g/mol. The Hall–Kier alpha value is -1.93. The molecule has 3 rings (SSSR count). The quantitative estimate of drug-likeness (QED) is 0.656. The molecule has 0 atom stereocenters. The van der Waals surface area contributed by atoms with Gasteiger partial charge in [0.2, 0.25) is 0 Å². The lowest BCUT2D eigenvalue weighted by molar-refractivity contribution is -0.127. The number of nitrogens with zero attached hydrogens (tertiary/aromatic N) is 3. The number of hydrogen-bond acceptors (Lipinski definition) is 5. The minimum atomic E-state index is -0.655. The number of amides is 3. The summed E-state index contributed by atoms with van der Waals surface area (Å²) in [4.78, 5) is 27.9. The van der Waals surface area contributed by atoms with Gasteiger partial charge in [-0.25, -0.2) is 4.79 Å². The molecule has 25 heavy (non-hydrogen) atoms. The Labute approximate surface area is 148 Å². The number of rotatable bonds is 6. The number of nitrogens with one attached hydrogen (secondary N) is 3. The largest absolute Gasteiger partial charge is 0.324 e. The van der Waals surface area contributed by atoms with Gasteiger partial charge in [0.1, 0.15) is 5.54 Å². The number of imide groups is 1. The normalized spacial score (nSPS) is 26.7. The molecule has 8 nitrogen and oxygen atoms in total. The maximum absolute atomic E-state index is 12.3. The van der Waals surface area contributed by atoms with Crippen molar-refractivity contribution in [3.8, 4) is 0 Å². The summed E-state index contributed by atoms with van der Waals surface area (Å²) in [6.07, 6.45) is 5.05. The molecule has 2 aliphatic rings. The van der Waals surface area contributed by atoms with E-state index in [2.05, 4.69) is 32.8 Å². The van der Waals surface area contributed by atoms with E-state index in [9.17, 15) is 9.59 Å². The zero-order chi connectivity index (χ0) is 18.0. The van der Waals surface area contributed by atoms with E-state index in [0.29, 0.717) is 18.8 Å². The number of H-pyrrole nitrogens is 1. The van der Waals surface area contributed by atoms with E-state index in [4.69, 9.17) is 0 Å². The van der Waals surface area contributed by atoms with E-state index in [0.717, 1.165) is 32.5 Å². The van der Waals surface area contributed by atoms with Gasteiger partial charge < -0.3 is 15.1 Å². The van der Waals surface area contributed by atoms with Crippen molar-refractivity contribution < 1.29 is 9.59 Å². The molecule has 0 aromatic carbocycles. The predicted molar refractivity (Wildman–Crippen MR) is 94.1 cm³/mol. The van der Waals surface area contributed by atoms with Crippen LogP contribution in [0.5, 0.6) is 0 Å². The van der Waals surface area contributed by atoms with E-state index in [1.165, 1.54) is 11.3 Å². The molecular weight excluding hydrogens is 320 g/mol. The number of carbonyl (C=O) groups excluding carboxylic acids is 2. The van der Waals surface area contributed by atoms with Crippen LogP contribution in [0, 0.1) is 0 Å². The lowest BCUT2D eigenvalue weighted by Gasteiger charge is -2.39. The Bertz CT molecular complexity index is 635. The lowest BCUT2D eigenvalue weighted by atomic mass is 9.74. The maximum atomic E-state index is 12.3. The molecule has 0 radical (unpaired) electrons. The van der Waals surface area contributed by atoms with Gasteiger partial charge in [-0.15, -0.1) is 0 Å². The van der Waals surface area contributed by atoms with E-state index in [1.807, 2.05) is 13.2 Å². The second-order valence-electron chi connectivity index (χ2n) is 7.27. The van der Waals surface area contributed by atoms with Gasteiger partial charge in [0.15, 0.2) is 0 Å². The molecule has 1 aliphatic carbocycles. The van der Waals surface area contributed by atoms with E-state index in [1.54, 1.807) is 11.9 Å². The third-order valence-electron chi connectivity index (χ3n) is 5.75. The standard InChI is InChI=1S/C17H28N6O2/c1-18-8-9-22(2)11-13-10-19-21-14(13)12-4-6-17(7-5-12)15(24)20-16(25)23(17)3/h10,12,18H,4-9,11H2,1-3H3,(H,19,21)(H,20,24,25). The lowest BCUT2D eigenvalue weighted by Crippen LogP contribution is -2.50. The number of aromatic amines is 1. The molecule has 1 saturated carbocycles. The summed E-state index contributed by atoms with van der Waals surface area (Å²) in [5.74, 6) is 0.216. The maximum Gasteiger partial charge on any atom is 0.324 e. The molecule has 3 N–H and O–H groups in total. The van der Waals surface area contributed by atoms with Crippen LogP contribution in [-0.2, 0) is 11.3 Å². The van der Waals surface area contributed by atoms with Gasteiger partial charge in [0, 0.05) is 43.9 Å². The average Bonchev–Trinajstić information content (AvgIpc) is 3.13. The second-order valence-corrected chi connectivity index (χ2v) is 7.27. The monoisotopic (exact) mass is 348 g/mol. The van der Waals surface area contributed by atoms with Crippen LogP contribution in [0.1, 0.15) is 42.9 Å². The molecule has 1 aromatic rings. The molecule has 2 heterocycles. The van der Waals surface area contributed by atoms with Crippen LogP contribution in [0.3, 0.4) is 0 Å². The summed E-state index contributed by atoms with van der Waals surface area (Å²) in [5, 5.41) is 13.0. The van der Waals surface area contributed by atoms with Crippen LogP contribution in [-0.4, -0.2) is 71.7 Å². The molecule has 2 fully saturated rings. The van der Waals surface area contributed by atoms with Crippen molar-refractivity contribution in [2.24, 2.45) is 0 Å². The first kappa shape index (κ1) is 17.9. The zero-order valence-corrected chi connectivity index (χ0v) is 15.3. The molecule has 1 aromatic heterocycles. The van der Waals surface area contributed by atoms with Crippen LogP contribution in [0.2, 0.25) is 0 Å². The fraction of sp³-hybridized carbons (Fsp3) is 0.706. The molecule has 0 unspecified atom stereocenters. The van der Waals surface area contributed by atoms with Crippen molar-refractivity contribution in [1.29, 1.82) is 0 Å². The highest BCUT2D eigenvalue weighted by atomic mass is 16.2. The minimum absolute atomic E-state index is 0.143. The first-order valence-electron chi connectivity index (χ1n) is 8.92. The number of urea groups is 1. The fourth-order valence-electron chi connectivity index (χ4n) is 4.06. The topological polar surface area (TPSA) is 93.4 Å². The van der Waals surface area contributed by atoms with Crippen LogP contribution in [0.4, 0.5) is 4.79 Å². The van der Waals surface area contributed by atoms with Crippen molar-refractivity contribution in [3.05, 3.63) is 17.5 Å². The SMILES string of the molecule is CNCCN(C)Cc1cn[nH]c1C1CCC2(CC1)C(=O)NC(=O)N2C. The highest BCUT2D eigenvalue weighted by molar-refractivity contribution is 6.06. The summed E-state index contributed by atoms with van der Waals surface area (Å²) in [6, 6.07) is -0.281. The Morgan fingerprint density at radius 3 is 2.72 bits per heavy atom. The van der Waals surface area contributed by atoms with E-state index >= 15 is 0 Å². The first-order chi connectivity index (χ1) is 12.0. The summed E-state index contributed by atoms with van der Waals surface area (Å²) in [6.45, 7) is 2.78. The van der Waals surface area contributed by atoms with Crippen molar-refractivity contribution >= 4 is 11.9 Å². The fourth-order valence-corrected chi connectivity index (χ4v) is 4.06. The number of carbonyl (C=O) groups is 2. The Balaban J connectivity index is 1.65. The summed E-state index contributed by atoms with van der Waals surface area (Å²) in [7, 11) is 5.78.